The Morgan fingerprint density at radius 2 is 1.82 bits per heavy atom. The number of carbonyl (C=O) groups excluding carboxylic acids is 2. The van der Waals surface area contributed by atoms with Crippen LogP contribution in [0.15, 0.2) is 0 Å². The lowest BCUT2D eigenvalue weighted by Crippen LogP contribution is -3.00. The summed E-state index contributed by atoms with van der Waals surface area (Å²) in [6, 6.07) is 0. The second-order valence-corrected chi connectivity index (χ2v) is 4.05. The van der Waals surface area contributed by atoms with Crippen LogP contribution in [0, 0.1) is 0 Å². The van der Waals surface area contributed by atoms with Gasteiger partial charge in [0.2, 0.25) is 5.91 Å². The van der Waals surface area contributed by atoms with E-state index in [1.165, 1.54) is 5.43 Å². The molecule has 0 bridgehead atoms. The average Bonchev–Trinajstić information content (AvgIpc) is 2.26. The van der Waals surface area contributed by atoms with Gasteiger partial charge in [-0.05, 0) is 0 Å². The molecule has 0 unspecified atom stereocenters. The zero-order valence-corrected chi connectivity index (χ0v) is 12.5. The first-order valence-electron chi connectivity index (χ1n) is 5.49. The summed E-state index contributed by atoms with van der Waals surface area (Å²) >= 11 is 0. The first kappa shape index (κ1) is 16.8. The van der Waals surface area contributed by atoms with Crippen LogP contribution < -0.4 is 29.4 Å². The lowest BCUT2D eigenvalue weighted by Gasteiger charge is -2.26. The molecule has 0 radical (unpaired) electrons. The van der Waals surface area contributed by atoms with Crippen molar-refractivity contribution in [3.05, 3.63) is 0 Å². The van der Waals surface area contributed by atoms with E-state index >= 15 is 0 Å². The molecule has 17 heavy (non-hydrogen) atoms. The molecule has 1 aliphatic rings. The molecule has 2 N–H and O–H groups in total. The molecule has 0 aliphatic carbocycles. The summed E-state index contributed by atoms with van der Waals surface area (Å²) in [6.45, 7) is 2.49. The van der Waals surface area contributed by atoms with Crippen LogP contribution in [0.3, 0.4) is 0 Å². The normalized spacial score (nSPS) is 15.6. The van der Waals surface area contributed by atoms with Gasteiger partial charge in [-0.25, -0.2) is 10.2 Å². The molecule has 1 rings (SSSR count). The Labute approximate surface area is 119 Å². The van der Waals surface area contributed by atoms with Gasteiger partial charge in [-0.1, -0.05) is 0 Å². The lowest BCUT2D eigenvalue weighted by molar-refractivity contribution is -0.717. The Morgan fingerprint density at radius 1 is 1.24 bits per heavy atom. The van der Waals surface area contributed by atoms with Gasteiger partial charge in [-0.15, -0.1) is 0 Å². The van der Waals surface area contributed by atoms with E-state index < -0.39 is 0 Å². The molecule has 6 nitrogen and oxygen atoms in total. The predicted molar refractivity (Wildman–Crippen MR) is 57.3 cm³/mol. The van der Waals surface area contributed by atoms with E-state index in [0.717, 1.165) is 0 Å². The number of carbonyl (C=O) groups is 2. The molecule has 2 amide bonds. The van der Waals surface area contributed by atoms with Crippen molar-refractivity contribution in [2.24, 2.45) is 0 Å². The van der Waals surface area contributed by atoms with E-state index in [1.54, 1.807) is 24.0 Å². The molecule has 0 spiro atoms. The molecule has 0 saturated carbocycles. The van der Waals surface area contributed by atoms with E-state index in [9.17, 15) is 9.59 Å². The van der Waals surface area contributed by atoms with Crippen LogP contribution in [-0.4, -0.2) is 62.1 Å². The van der Waals surface area contributed by atoms with Crippen molar-refractivity contribution in [1.82, 2.24) is 9.91 Å². The van der Waals surface area contributed by atoms with Gasteiger partial charge in [0.1, 0.15) is 0 Å². The minimum Gasteiger partial charge on any atom is -1.00 e. The number of primary amides is 1. The van der Waals surface area contributed by atoms with Gasteiger partial charge in [0.25, 0.3) is 0 Å². The number of halogens is 1. The number of nitrogens with two attached hydrogens (primary N) is 1. The number of hydrogen-bond donors (Lipinski definition) is 1. The zero-order chi connectivity index (χ0) is 12.0. The van der Waals surface area contributed by atoms with Gasteiger partial charge >= 0.3 is 5.91 Å². The third-order valence-electron chi connectivity index (χ3n) is 2.35. The molecule has 1 aliphatic heterocycles. The van der Waals surface area contributed by atoms with E-state index in [1.807, 2.05) is 0 Å². The smallest absolute Gasteiger partial charge is 0.330 e. The van der Waals surface area contributed by atoms with Crippen LogP contribution in [0.4, 0.5) is 0 Å². The fourth-order valence-electron chi connectivity index (χ4n) is 1.55. The summed E-state index contributed by atoms with van der Waals surface area (Å²) in [5.74, 6) is 0.0374. The highest BCUT2D eigenvalue weighted by Gasteiger charge is 2.18. The molecule has 1 saturated heterocycles. The van der Waals surface area contributed by atoms with Gasteiger partial charge in [0.15, 0.2) is 0 Å². The van der Waals surface area contributed by atoms with Gasteiger partial charge < -0.3 is 33.6 Å². The maximum atomic E-state index is 11.7. The average molecular weight is 357 g/mol. The first-order valence-corrected chi connectivity index (χ1v) is 5.49. The first-order chi connectivity index (χ1) is 7.59. The van der Waals surface area contributed by atoms with Crippen molar-refractivity contribution in [3.63, 3.8) is 0 Å². The minimum atomic E-state index is -0.00777. The van der Waals surface area contributed by atoms with Crippen LogP contribution in [0.25, 0.3) is 0 Å². The van der Waals surface area contributed by atoms with Crippen molar-refractivity contribution >= 4 is 11.8 Å². The van der Waals surface area contributed by atoms with E-state index in [-0.39, 0.29) is 42.2 Å². The number of amides is 2. The van der Waals surface area contributed by atoms with Gasteiger partial charge in [-0.2, -0.15) is 5.01 Å². The Balaban J connectivity index is 0.00000256. The van der Waals surface area contributed by atoms with E-state index in [2.05, 4.69) is 0 Å². The molecule has 1 fully saturated rings. The third kappa shape index (κ3) is 6.92. The Bertz CT molecular complexity index is 255. The highest BCUT2D eigenvalue weighted by Crippen LogP contribution is 2.01. The van der Waals surface area contributed by atoms with Gasteiger partial charge in [0, 0.05) is 33.6 Å². The van der Waals surface area contributed by atoms with Crippen LogP contribution in [0.5, 0.6) is 0 Å². The standard InChI is InChI=1S/C10H19N3O3.HI/c1-12(2)11-9(14)3-4-10(15)13-5-7-16-8-6-13;/h3-8H2,1-2H3,(H,11,14);1H. The van der Waals surface area contributed by atoms with Crippen LogP contribution in [0.2, 0.25) is 0 Å². The summed E-state index contributed by atoms with van der Waals surface area (Å²) in [5.41, 5.74) is 1.51. The summed E-state index contributed by atoms with van der Waals surface area (Å²) in [5, 5.41) is 1.70. The number of rotatable bonds is 4. The topological polar surface area (TPSA) is 66.5 Å². The largest absolute Gasteiger partial charge is 1.00 e. The van der Waals surface area contributed by atoms with Crippen LogP contribution >= 0.6 is 0 Å². The van der Waals surface area contributed by atoms with E-state index in [0.29, 0.717) is 32.7 Å². The molecule has 1 heterocycles. The molecule has 0 aromatic carbocycles. The predicted octanol–water partition coefficient (Wildman–Crippen LogP) is -4.80. The van der Waals surface area contributed by atoms with Crippen molar-refractivity contribution in [3.8, 4) is 0 Å². The Kier molecular flexibility index (Phi) is 8.66. The van der Waals surface area contributed by atoms with Gasteiger partial charge in [-0.3, -0.25) is 4.79 Å². The quantitative estimate of drug-likeness (QED) is 0.312. The number of nitrogens with zero attached hydrogens (tertiary/aromatic N) is 2. The Morgan fingerprint density at radius 3 is 2.35 bits per heavy atom. The number of hydrogen-bond acceptors (Lipinski definition) is 4. The molecular weight excluding hydrogens is 337 g/mol. The molecule has 0 aromatic rings. The Hall–Kier alpha value is -0.250. The summed E-state index contributed by atoms with van der Waals surface area (Å²) in [7, 11) is 3.59. The molecule has 0 aromatic heterocycles. The summed E-state index contributed by atoms with van der Waals surface area (Å²) < 4.78 is 5.15. The fourth-order valence-corrected chi connectivity index (χ4v) is 1.55. The maximum Gasteiger partial charge on any atom is 0.330 e. The van der Waals surface area contributed by atoms with Crippen molar-refractivity contribution < 1.29 is 43.7 Å². The molecule has 100 valence electrons. The molecule has 7 heteroatoms. The zero-order valence-electron chi connectivity index (χ0n) is 10.3. The third-order valence-corrected chi connectivity index (χ3v) is 2.35. The van der Waals surface area contributed by atoms with Crippen molar-refractivity contribution in [2.75, 3.05) is 40.4 Å². The fraction of sp³-hybridized carbons (Fsp3) is 0.800. The lowest BCUT2D eigenvalue weighted by atomic mass is 10.2. The van der Waals surface area contributed by atoms with Crippen molar-refractivity contribution in [1.29, 1.82) is 0 Å². The SMILES string of the molecule is CN(C)[NH2+]C(=O)CCC(=O)N1CCOCC1.[I-]. The molecule has 0 atom stereocenters. The summed E-state index contributed by atoms with van der Waals surface area (Å²) in [4.78, 5) is 24.8. The van der Waals surface area contributed by atoms with E-state index in [4.69, 9.17) is 4.74 Å². The maximum absolute atomic E-state index is 11.7. The molecular formula is C10H20IN3O3. The minimum absolute atomic E-state index is 0. The van der Waals surface area contributed by atoms with Crippen LogP contribution in [0.1, 0.15) is 12.8 Å². The number of quaternary nitrogens is 1. The van der Waals surface area contributed by atoms with Crippen LogP contribution in [-0.2, 0) is 14.3 Å². The number of morpholine rings is 1. The van der Waals surface area contributed by atoms with Gasteiger partial charge in [0.05, 0.1) is 19.6 Å². The summed E-state index contributed by atoms with van der Waals surface area (Å²) in [6.07, 6.45) is 0.581. The monoisotopic (exact) mass is 357 g/mol. The second kappa shape index (κ2) is 8.78. The highest BCUT2D eigenvalue weighted by atomic mass is 127. The number of ether oxygens (including phenoxy) is 1. The van der Waals surface area contributed by atoms with Crippen molar-refractivity contribution in [2.45, 2.75) is 12.8 Å². The second-order valence-electron chi connectivity index (χ2n) is 4.05. The highest BCUT2D eigenvalue weighted by molar-refractivity contribution is 5.80.